The van der Waals surface area contributed by atoms with E-state index in [-0.39, 0.29) is 11.5 Å². The molecule has 80 valence electrons. The van der Waals surface area contributed by atoms with E-state index in [1.165, 1.54) is 18.3 Å². The Morgan fingerprint density at radius 3 is 2.80 bits per heavy atom. The van der Waals surface area contributed by atoms with Crippen LogP contribution in [0.2, 0.25) is 0 Å². The van der Waals surface area contributed by atoms with Crippen LogP contribution < -0.4 is 11.3 Å². The second-order valence-electron chi connectivity index (χ2n) is 3.75. The Kier molecular flexibility index (Phi) is 2.55. The lowest BCUT2D eigenvalue weighted by atomic mass is 9.99. The summed E-state index contributed by atoms with van der Waals surface area (Å²) in [6.45, 7) is 2.05. The minimum absolute atomic E-state index is 0.0454. The van der Waals surface area contributed by atoms with Crippen LogP contribution in [0.3, 0.4) is 0 Å². The number of likely N-dealkylation sites (tertiary alicyclic amines) is 1. The lowest BCUT2D eigenvalue weighted by Gasteiger charge is -2.38. The zero-order chi connectivity index (χ0) is 10.8. The van der Waals surface area contributed by atoms with Gasteiger partial charge in [0.25, 0.3) is 5.91 Å². The second kappa shape index (κ2) is 3.86. The van der Waals surface area contributed by atoms with Crippen molar-refractivity contribution in [1.82, 2.24) is 9.88 Å². The van der Waals surface area contributed by atoms with E-state index in [4.69, 9.17) is 5.73 Å². The molecule has 1 aromatic heterocycles. The quantitative estimate of drug-likeness (QED) is 0.680. The number of aromatic nitrogens is 1. The molecule has 5 heteroatoms. The molecule has 3 N–H and O–H groups in total. The summed E-state index contributed by atoms with van der Waals surface area (Å²) in [5.41, 5.74) is 5.79. The van der Waals surface area contributed by atoms with Crippen molar-refractivity contribution in [3.63, 3.8) is 0 Å². The van der Waals surface area contributed by atoms with Gasteiger partial charge in [0, 0.05) is 31.3 Å². The third-order valence-electron chi connectivity index (χ3n) is 2.61. The van der Waals surface area contributed by atoms with Crippen molar-refractivity contribution in [1.29, 1.82) is 0 Å². The number of H-pyrrole nitrogens is 1. The van der Waals surface area contributed by atoms with Gasteiger partial charge >= 0.3 is 0 Å². The highest BCUT2D eigenvalue weighted by Gasteiger charge is 2.29. The minimum Gasteiger partial charge on any atom is -0.338 e. The molecule has 0 atom stereocenters. The van der Waals surface area contributed by atoms with Crippen molar-refractivity contribution < 1.29 is 4.79 Å². The molecule has 0 aliphatic carbocycles. The molecule has 15 heavy (non-hydrogen) atoms. The van der Waals surface area contributed by atoms with Gasteiger partial charge in [-0.1, -0.05) is 0 Å². The van der Waals surface area contributed by atoms with E-state index in [0.29, 0.717) is 31.1 Å². The van der Waals surface area contributed by atoms with Gasteiger partial charge in [-0.25, -0.2) is 0 Å². The SMILES string of the molecule is NCC1CN(C(=O)c2ccc(=O)[nH]c2)C1. The first-order chi connectivity index (χ1) is 7.20. The van der Waals surface area contributed by atoms with Crippen molar-refractivity contribution in [2.75, 3.05) is 19.6 Å². The van der Waals surface area contributed by atoms with Crippen LogP contribution in [-0.2, 0) is 0 Å². The number of amides is 1. The fourth-order valence-corrected chi connectivity index (χ4v) is 1.61. The van der Waals surface area contributed by atoms with E-state index in [1.54, 1.807) is 4.90 Å². The predicted octanol–water partition coefficient (Wildman–Crippen LogP) is -0.594. The zero-order valence-electron chi connectivity index (χ0n) is 8.27. The molecule has 0 aromatic carbocycles. The molecular formula is C10H13N3O2. The van der Waals surface area contributed by atoms with Crippen LogP contribution in [0.4, 0.5) is 0 Å². The first-order valence-electron chi connectivity index (χ1n) is 4.89. The number of nitrogens with zero attached hydrogens (tertiary/aromatic N) is 1. The average molecular weight is 207 g/mol. The highest BCUT2D eigenvalue weighted by atomic mass is 16.2. The Hall–Kier alpha value is -1.62. The van der Waals surface area contributed by atoms with Crippen LogP contribution in [0.1, 0.15) is 10.4 Å². The van der Waals surface area contributed by atoms with Crippen molar-refractivity contribution >= 4 is 5.91 Å². The number of pyridine rings is 1. The maximum absolute atomic E-state index is 11.8. The van der Waals surface area contributed by atoms with Gasteiger partial charge in [-0.05, 0) is 12.6 Å². The summed E-state index contributed by atoms with van der Waals surface area (Å²) >= 11 is 0. The Bertz CT molecular complexity index is 400. The molecule has 0 bridgehead atoms. The molecule has 1 aliphatic rings. The molecule has 2 rings (SSSR count). The minimum atomic E-state index is -0.199. The van der Waals surface area contributed by atoms with Crippen molar-refractivity contribution in [3.8, 4) is 0 Å². The van der Waals surface area contributed by atoms with Gasteiger partial charge in [0.15, 0.2) is 0 Å². The Balaban J connectivity index is 2.03. The third-order valence-corrected chi connectivity index (χ3v) is 2.61. The summed E-state index contributed by atoms with van der Waals surface area (Å²) in [6.07, 6.45) is 1.44. The molecule has 1 fully saturated rings. The number of nitrogens with two attached hydrogens (primary N) is 1. The Labute approximate surface area is 86.9 Å². The van der Waals surface area contributed by atoms with E-state index in [0.717, 1.165) is 0 Å². The first kappa shape index (κ1) is 9.92. The molecule has 1 aromatic rings. The third kappa shape index (κ3) is 1.92. The van der Waals surface area contributed by atoms with E-state index in [9.17, 15) is 9.59 Å². The van der Waals surface area contributed by atoms with E-state index < -0.39 is 0 Å². The molecule has 5 nitrogen and oxygen atoms in total. The van der Waals surface area contributed by atoms with Crippen LogP contribution in [0.5, 0.6) is 0 Å². The number of rotatable bonds is 2. The molecule has 0 unspecified atom stereocenters. The number of hydrogen-bond donors (Lipinski definition) is 2. The predicted molar refractivity (Wildman–Crippen MR) is 55.5 cm³/mol. The van der Waals surface area contributed by atoms with Crippen LogP contribution in [0.25, 0.3) is 0 Å². The van der Waals surface area contributed by atoms with Gasteiger partial charge in [0.2, 0.25) is 5.56 Å². The summed E-state index contributed by atoms with van der Waals surface area (Å²) in [5, 5.41) is 0. The van der Waals surface area contributed by atoms with Gasteiger partial charge < -0.3 is 15.6 Å². The van der Waals surface area contributed by atoms with Crippen LogP contribution in [0, 0.1) is 5.92 Å². The summed E-state index contributed by atoms with van der Waals surface area (Å²) in [5.74, 6) is 0.382. The zero-order valence-corrected chi connectivity index (χ0v) is 8.27. The van der Waals surface area contributed by atoms with Gasteiger partial charge in [-0.15, -0.1) is 0 Å². The van der Waals surface area contributed by atoms with E-state index in [1.807, 2.05) is 0 Å². The molecule has 1 aliphatic heterocycles. The normalized spacial score (nSPS) is 16.2. The highest BCUT2D eigenvalue weighted by molar-refractivity contribution is 5.94. The van der Waals surface area contributed by atoms with Gasteiger partial charge in [-0.2, -0.15) is 0 Å². The van der Waals surface area contributed by atoms with E-state index >= 15 is 0 Å². The van der Waals surface area contributed by atoms with Crippen molar-refractivity contribution in [3.05, 3.63) is 34.2 Å². The number of carbonyl (C=O) groups excluding carboxylic acids is 1. The van der Waals surface area contributed by atoms with Gasteiger partial charge in [0.05, 0.1) is 5.56 Å². The largest absolute Gasteiger partial charge is 0.338 e. The molecular weight excluding hydrogens is 194 g/mol. The maximum Gasteiger partial charge on any atom is 0.255 e. The van der Waals surface area contributed by atoms with Crippen molar-refractivity contribution in [2.24, 2.45) is 11.7 Å². The number of carbonyl (C=O) groups is 1. The molecule has 2 heterocycles. The molecule has 1 amide bonds. The fourth-order valence-electron chi connectivity index (χ4n) is 1.61. The van der Waals surface area contributed by atoms with Gasteiger partial charge in [-0.3, -0.25) is 9.59 Å². The van der Waals surface area contributed by atoms with Crippen LogP contribution in [0.15, 0.2) is 23.1 Å². The number of hydrogen-bond acceptors (Lipinski definition) is 3. The highest BCUT2D eigenvalue weighted by Crippen LogP contribution is 2.16. The summed E-state index contributed by atoms with van der Waals surface area (Å²) in [7, 11) is 0. The number of aromatic amines is 1. The lowest BCUT2D eigenvalue weighted by Crippen LogP contribution is -2.52. The standard InChI is InChI=1S/C10H13N3O2/c11-3-7-5-13(6-7)10(15)8-1-2-9(14)12-4-8/h1-2,4,7H,3,5-6,11H2,(H,12,14). The first-order valence-corrected chi connectivity index (χ1v) is 4.89. The average Bonchev–Trinajstić information content (AvgIpc) is 2.17. The maximum atomic E-state index is 11.8. The lowest BCUT2D eigenvalue weighted by molar-refractivity contribution is 0.0515. The summed E-state index contributed by atoms with van der Waals surface area (Å²) in [6, 6.07) is 2.89. The molecule has 1 saturated heterocycles. The smallest absolute Gasteiger partial charge is 0.255 e. The van der Waals surface area contributed by atoms with Crippen LogP contribution in [-0.4, -0.2) is 35.4 Å². The van der Waals surface area contributed by atoms with Gasteiger partial charge in [0.1, 0.15) is 0 Å². The fraction of sp³-hybridized carbons (Fsp3) is 0.400. The Morgan fingerprint density at radius 2 is 2.27 bits per heavy atom. The van der Waals surface area contributed by atoms with Crippen molar-refractivity contribution in [2.45, 2.75) is 0 Å². The van der Waals surface area contributed by atoms with Crippen LogP contribution >= 0.6 is 0 Å². The summed E-state index contributed by atoms with van der Waals surface area (Å²) in [4.78, 5) is 26.8. The Morgan fingerprint density at radius 1 is 1.53 bits per heavy atom. The molecule has 0 radical (unpaired) electrons. The molecule has 0 saturated carbocycles. The topological polar surface area (TPSA) is 79.2 Å². The molecule has 0 spiro atoms. The summed E-state index contributed by atoms with van der Waals surface area (Å²) < 4.78 is 0. The van der Waals surface area contributed by atoms with E-state index in [2.05, 4.69) is 4.98 Å². The second-order valence-corrected chi connectivity index (χ2v) is 3.75. The monoisotopic (exact) mass is 207 g/mol. The number of nitrogens with one attached hydrogen (secondary N) is 1.